The molecule has 5 heteroatoms. The van der Waals surface area contributed by atoms with Crippen LogP contribution in [0.15, 0.2) is 0 Å². The van der Waals surface area contributed by atoms with Crippen LogP contribution in [0.1, 0.15) is 57.8 Å². The molecule has 0 radical (unpaired) electrons. The van der Waals surface area contributed by atoms with Gasteiger partial charge in [0.2, 0.25) is 0 Å². The molecule has 0 amide bonds. The molecule has 0 heterocycles. The zero-order chi connectivity index (χ0) is 16.6. The highest BCUT2D eigenvalue weighted by Crippen LogP contribution is 2.24. The van der Waals surface area contributed by atoms with Crippen molar-refractivity contribution in [1.29, 1.82) is 26.3 Å². The lowest BCUT2D eigenvalue weighted by Crippen LogP contribution is -2.09. The summed E-state index contributed by atoms with van der Waals surface area (Å²) < 4.78 is 0. The van der Waals surface area contributed by atoms with Crippen molar-refractivity contribution in [1.82, 2.24) is 0 Å². The topological polar surface area (TPSA) is 119 Å². The van der Waals surface area contributed by atoms with E-state index in [4.69, 9.17) is 21.0 Å². The Hall–Kier alpha value is -2.55. The van der Waals surface area contributed by atoms with Crippen molar-refractivity contribution in [2.45, 2.75) is 57.8 Å². The van der Waals surface area contributed by atoms with Gasteiger partial charge in [0, 0.05) is 30.6 Å². The molecule has 0 aliphatic heterocycles. The van der Waals surface area contributed by atoms with Crippen LogP contribution in [0.2, 0.25) is 0 Å². The molecule has 0 spiro atoms. The van der Waals surface area contributed by atoms with E-state index in [1.807, 2.05) is 6.07 Å². The van der Waals surface area contributed by atoms with Gasteiger partial charge in [-0.1, -0.05) is 6.42 Å². The maximum atomic E-state index is 9.20. The van der Waals surface area contributed by atoms with Gasteiger partial charge in [-0.2, -0.15) is 26.3 Å². The molecule has 0 aromatic carbocycles. The quantitative estimate of drug-likeness (QED) is 0.534. The van der Waals surface area contributed by atoms with Crippen LogP contribution in [-0.2, 0) is 0 Å². The number of nitrogens with zero attached hydrogens (tertiary/aromatic N) is 5. The van der Waals surface area contributed by atoms with Crippen LogP contribution in [0.25, 0.3) is 0 Å². The first-order chi connectivity index (χ1) is 10.7. The summed E-state index contributed by atoms with van der Waals surface area (Å²) in [6.07, 6.45) is 5.45. The zero-order valence-corrected chi connectivity index (χ0v) is 12.8. The van der Waals surface area contributed by atoms with E-state index >= 15 is 0 Å². The van der Waals surface area contributed by atoms with Gasteiger partial charge in [0.1, 0.15) is 0 Å². The summed E-state index contributed by atoms with van der Waals surface area (Å²) in [5.41, 5.74) is 0. The highest BCUT2D eigenvalue weighted by molar-refractivity contribution is 4.93. The fourth-order valence-electron chi connectivity index (χ4n) is 2.32. The maximum absolute atomic E-state index is 9.20. The monoisotopic (exact) mass is 295 g/mol. The summed E-state index contributed by atoms with van der Waals surface area (Å²) in [6, 6.07) is 10.7. The van der Waals surface area contributed by atoms with E-state index in [1.165, 1.54) is 0 Å². The van der Waals surface area contributed by atoms with Crippen LogP contribution in [0.5, 0.6) is 0 Å². The van der Waals surface area contributed by atoms with Crippen molar-refractivity contribution >= 4 is 0 Å². The summed E-state index contributed by atoms with van der Waals surface area (Å²) in [4.78, 5) is 0. The van der Waals surface area contributed by atoms with E-state index in [2.05, 4.69) is 24.3 Å². The predicted molar refractivity (Wildman–Crippen MR) is 80.1 cm³/mol. The third-order valence-electron chi connectivity index (χ3n) is 3.68. The molecule has 114 valence electrons. The second-order valence-corrected chi connectivity index (χ2v) is 5.39. The van der Waals surface area contributed by atoms with Gasteiger partial charge in [0.15, 0.2) is 0 Å². The lowest BCUT2D eigenvalue weighted by Gasteiger charge is -2.14. The Labute approximate surface area is 133 Å². The first-order valence-electron chi connectivity index (χ1n) is 7.64. The average Bonchev–Trinajstić information content (AvgIpc) is 2.55. The summed E-state index contributed by atoms with van der Waals surface area (Å²) in [5.74, 6) is -0.576. The highest BCUT2D eigenvalue weighted by atomic mass is 14.3. The SMILES string of the molecule is N#CCCCCC(C#N)CC(C#N)CCC(C#N)CCC#N. The van der Waals surface area contributed by atoms with E-state index in [0.29, 0.717) is 44.9 Å². The number of rotatable bonds is 11. The Balaban J connectivity index is 4.21. The normalized spacial score (nSPS) is 13.4. The molecule has 5 nitrogen and oxygen atoms in total. The fraction of sp³-hybridized carbons (Fsp3) is 0.706. The Morgan fingerprint density at radius 3 is 1.64 bits per heavy atom. The molecular formula is C17H21N5. The second kappa shape index (κ2) is 13.4. The Bertz CT molecular complexity index is 506. The van der Waals surface area contributed by atoms with E-state index in [0.717, 1.165) is 12.8 Å². The van der Waals surface area contributed by atoms with Gasteiger partial charge >= 0.3 is 0 Å². The van der Waals surface area contributed by atoms with Crippen LogP contribution in [0.4, 0.5) is 0 Å². The van der Waals surface area contributed by atoms with Gasteiger partial charge in [0.25, 0.3) is 0 Å². The molecule has 0 aromatic rings. The molecule has 0 aliphatic rings. The van der Waals surface area contributed by atoms with Crippen LogP contribution in [0.3, 0.4) is 0 Å². The first-order valence-corrected chi connectivity index (χ1v) is 7.64. The van der Waals surface area contributed by atoms with E-state index in [-0.39, 0.29) is 17.8 Å². The average molecular weight is 295 g/mol. The minimum atomic E-state index is -0.224. The lowest BCUT2D eigenvalue weighted by atomic mass is 9.87. The van der Waals surface area contributed by atoms with Gasteiger partial charge in [-0.25, -0.2) is 0 Å². The largest absolute Gasteiger partial charge is 0.198 e. The minimum absolute atomic E-state index is 0.164. The molecule has 0 aromatic heterocycles. The Kier molecular flexibility index (Phi) is 11.9. The first kappa shape index (κ1) is 19.4. The summed E-state index contributed by atoms with van der Waals surface area (Å²) >= 11 is 0. The second-order valence-electron chi connectivity index (χ2n) is 5.39. The summed E-state index contributed by atoms with van der Waals surface area (Å²) in [6.45, 7) is 0. The van der Waals surface area contributed by atoms with E-state index in [1.54, 1.807) is 0 Å². The smallest absolute Gasteiger partial charge is 0.0656 e. The molecular weight excluding hydrogens is 274 g/mol. The van der Waals surface area contributed by atoms with Gasteiger partial charge in [0.05, 0.1) is 30.3 Å². The van der Waals surface area contributed by atoms with Gasteiger partial charge in [-0.05, 0) is 38.5 Å². The van der Waals surface area contributed by atoms with Gasteiger partial charge in [-0.15, -0.1) is 0 Å². The lowest BCUT2D eigenvalue weighted by molar-refractivity contribution is 0.407. The Morgan fingerprint density at radius 2 is 1.09 bits per heavy atom. The van der Waals surface area contributed by atoms with Crippen molar-refractivity contribution in [3.8, 4) is 30.3 Å². The number of hydrogen-bond donors (Lipinski definition) is 0. The van der Waals surface area contributed by atoms with E-state index < -0.39 is 0 Å². The fourth-order valence-corrected chi connectivity index (χ4v) is 2.32. The van der Waals surface area contributed by atoms with Crippen molar-refractivity contribution < 1.29 is 0 Å². The molecule has 0 aliphatic carbocycles. The molecule has 0 rings (SSSR count). The summed E-state index contributed by atoms with van der Waals surface area (Å²) in [7, 11) is 0. The molecule has 3 atom stereocenters. The standard InChI is InChI=1S/C17H21N5/c18-9-3-1-2-5-16(13-21)11-17(14-22)8-7-15(12-20)6-4-10-19/h15-17H,1-8,11H2. The molecule has 22 heavy (non-hydrogen) atoms. The number of unbranched alkanes of at least 4 members (excludes halogenated alkanes) is 2. The Morgan fingerprint density at radius 1 is 0.545 bits per heavy atom. The number of hydrogen-bond acceptors (Lipinski definition) is 5. The van der Waals surface area contributed by atoms with Crippen molar-refractivity contribution in [3.05, 3.63) is 0 Å². The summed E-state index contributed by atoms with van der Waals surface area (Å²) in [5, 5.41) is 44.4. The predicted octanol–water partition coefficient (Wildman–Crippen LogP) is 3.96. The van der Waals surface area contributed by atoms with Crippen LogP contribution >= 0.6 is 0 Å². The zero-order valence-electron chi connectivity index (χ0n) is 12.8. The highest BCUT2D eigenvalue weighted by Gasteiger charge is 2.18. The van der Waals surface area contributed by atoms with Crippen LogP contribution in [-0.4, -0.2) is 0 Å². The van der Waals surface area contributed by atoms with Crippen LogP contribution in [0, 0.1) is 74.4 Å². The van der Waals surface area contributed by atoms with Crippen molar-refractivity contribution in [3.63, 3.8) is 0 Å². The minimum Gasteiger partial charge on any atom is -0.198 e. The maximum Gasteiger partial charge on any atom is 0.0656 e. The van der Waals surface area contributed by atoms with Crippen LogP contribution < -0.4 is 0 Å². The van der Waals surface area contributed by atoms with Gasteiger partial charge in [-0.3, -0.25) is 0 Å². The van der Waals surface area contributed by atoms with Crippen molar-refractivity contribution in [2.24, 2.45) is 17.8 Å². The third kappa shape index (κ3) is 9.37. The van der Waals surface area contributed by atoms with Gasteiger partial charge < -0.3 is 0 Å². The molecule has 0 N–H and O–H groups in total. The number of nitriles is 5. The molecule has 0 bridgehead atoms. The third-order valence-corrected chi connectivity index (χ3v) is 3.68. The van der Waals surface area contributed by atoms with E-state index in [9.17, 15) is 5.26 Å². The molecule has 0 fully saturated rings. The molecule has 3 unspecified atom stereocenters. The van der Waals surface area contributed by atoms with Crippen molar-refractivity contribution in [2.75, 3.05) is 0 Å². The molecule has 0 saturated heterocycles. The molecule has 0 saturated carbocycles.